The van der Waals surface area contributed by atoms with Crippen molar-refractivity contribution < 1.29 is 14.0 Å². The maximum atomic E-state index is 13.5. The van der Waals surface area contributed by atoms with E-state index in [1.54, 1.807) is 11.0 Å². The molecule has 1 aromatic rings. The van der Waals surface area contributed by atoms with Crippen LogP contribution in [0.15, 0.2) is 24.3 Å². The third kappa shape index (κ3) is 5.04. The molecule has 1 aliphatic carbocycles. The molecule has 6 heteroatoms. The van der Waals surface area contributed by atoms with Crippen molar-refractivity contribution in [2.75, 3.05) is 26.2 Å². The van der Waals surface area contributed by atoms with Crippen molar-refractivity contribution in [3.63, 3.8) is 0 Å². The summed E-state index contributed by atoms with van der Waals surface area (Å²) in [5, 5.41) is 6.01. The molecular formula is C20H28FN3O2. The Morgan fingerprint density at radius 3 is 2.85 bits per heavy atom. The molecule has 1 aromatic carbocycles. The molecule has 0 bridgehead atoms. The van der Waals surface area contributed by atoms with Gasteiger partial charge < -0.3 is 15.5 Å². The van der Waals surface area contributed by atoms with Gasteiger partial charge in [0, 0.05) is 26.1 Å². The summed E-state index contributed by atoms with van der Waals surface area (Å²) >= 11 is 0. The molecule has 2 fully saturated rings. The summed E-state index contributed by atoms with van der Waals surface area (Å²) in [6.07, 6.45) is 6.40. The highest BCUT2D eigenvalue weighted by Crippen LogP contribution is 2.28. The lowest BCUT2D eigenvalue weighted by atomic mass is 10.0. The number of halogens is 1. The van der Waals surface area contributed by atoms with Gasteiger partial charge >= 0.3 is 0 Å². The molecule has 2 N–H and O–H groups in total. The molecule has 142 valence electrons. The zero-order valence-electron chi connectivity index (χ0n) is 15.2. The molecule has 3 rings (SSSR count). The Labute approximate surface area is 154 Å². The molecule has 1 saturated carbocycles. The molecule has 1 unspecified atom stereocenters. The van der Waals surface area contributed by atoms with Crippen molar-refractivity contribution in [3.05, 3.63) is 35.6 Å². The minimum atomic E-state index is -0.305. The van der Waals surface area contributed by atoms with E-state index in [9.17, 15) is 14.0 Å². The first-order valence-corrected chi connectivity index (χ1v) is 9.66. The van der Waals surface area contributed by atoms with Crippen LogP contribution in [-0.2, 0) is 9.59 Å². The Morgan fingerprint density at radius 1 is 1.27 bits per heavy atom. The molecule has 26 heavy (non-hydrogen) atoms. The van der Waals surface area contributed by atoms with Crippen LogP contribution in [0, 0.1) is 11.7 Å². The molecule has 0 aromatic heterocycles. The summed E-state index contributed by atoms with van der Waals surface area (Å²) < 4.78 is 13.5. The lowest BCUT2D eigenvalue weighted by Gasteiger charge is -2.36. The molecule has 2 amide bonds. The Balaban J connectivity index is 1.50. The van der Waals surface area contributed by atoms with E-state index in [1.807, 2.05) is 6.07 Å². The Kier molecular flexibility index (Phi) is 6.61. The summed E-state index contributed by atoms with van der Waals surface area (Å²) in [5.74, 6) is 0.195. The summed E-state index contributed by atoms with van der Waals surface area (Å²) in [7, 11) is 0. The lowest BCUT2D eigenvalue weighted by molar-refractivity contribution is -0.135. The van der Waals surface area contributed by atoms with E-state index in [0.717, 1.165) is 12.0 Å². The van der Waals surface area contributed by atoms with Gasteiger partial charge in [0.15, 0.2) is 0 Å². The predicted octanol–water partition coefficient (Wildman–Crippen LogP) is 2.39. The van der Waals surface area contributed by atoms with Crippen LogP contribution in [0.3, 0.4) is 0 Å². The number of piperazine rings is 1. The standard InChI is InChI=1S/C20H28FN3O2/c21-17-7-3-6-16(12-17)18-13-22-10-11-24(18)20(26)14-23-19(25)9-8-15-4-1-2-5-15/h3,6-7,12,15,18,22H,1-2,4-5,8-11,13-14H2,(H,23,25). The van der Waals surface area contributed by atoms with E-state index in [-0.39, 0.29) is 30.2 Å². The maximum absolute atomic E-state index is 13.5. The highest BCUT2D eigenvalue weighted by atomic mass is 19.1. The van der Waals surface area contributed by atoms with Gasteiger partial charge in [-0.15, -0.1) is 0 Å². The number of hydrogen-bond acceptors (Lipinski definition) is 3. The van der Waals surface area contributed by atoms with Crippen molar-refractivity contribution in [2.45, 2.75) is 44.6 Å². The van der Waals surface area contributed by atoms with Crippen molar-refractivity contribution in [1.82, 2.24) is 15.5 Å². The molecule has 1 aliphatic heterocycles. The number of carbonyl (C=O) groups excluding carboxylic acids is 2. The van der Waals surface area contributed by atoms with Crippen LogP contribution < -0.4 is 10.6 Å². The van der Waals surface area contributed by atoms with Gasteiger partial charge in [0.2, 0.25) is 11.8 Å². The van der Waals surface area contributed by atoms with Crippen LogP contribution >= 0.6 is 0 Å². The maximum Gasteiger partial charge on any atom is 0.242 e. The average molecular weight is 361 g/mol. The SMILES string of the molecule is O=C(CCC1CCCC1)NCC(=O)N1CCNCC1c1cccc(F)c1. The summed E-state index contributed by atoms with van der Waals surface area (Å²) in [6, 6.07) is 6.16. The van der Waals surface area contributed by atoms with Gasteiger partial charge in [-0.2, -0.15) is 0 Å². The number of hydrogen-bond donors (Lipinski definition) is 2. The Morgan fingerprint density at radius 2 is 2.08 bits per heavy atom. The number of nitrogens with zero attached hydrogens (tertiary/aromatic N) is 1. The zero-order chi connectivity index (χ0) is 18.4. The minimum Gasteiger partial charge on any atom is -0.347 e. The monoisotopic (exact) mass is 361 g/mol. The summed E-state index contributed by atoms with van der Waals surface area (Å²) in [6.45, 7) is 1.85. The number of benzene rings is 1. The van der Waals surface area contributed by atoms with E-state index < -0.39 is 0 Å². The third-order valence-corrected chi connectivity index (χ3v) is 5.49. The predicted molar refractivity (Wildman–Crippen MR) is 97.9 cm³/mol. The molecule has 5 nitrogen and oxygen atoms in total. The third-order valence-electron chi connectivity index (χ3n) is 5.49. The van der Waals surface area contributed by atoms with Gasteiger partial charge in [-0.1, -0.05) is 37.8 Å². The van der Waals surface area contributed by atoms with Crippen molar-refractivity contribution in [1.29, 1.82) is 0 Å². The second-order valence-corrected chi connectivity index (χ2v) is 7.33. The molecule has 0 spiro atoms. The molecule has 1 saturated heterocycles. The summed E-state index contributed by atoms with van der Waals surface area (Å²) in [4.78, 5) is 26.4. The Hall–Kier alpha value is -1.95. The summed E-state index contributed by atoms with van der Waals surface area (Å²) in [5.41, 5.74) is 0.776. The fourth-order valence-corrected chi connectivity index (χ4v) is 4.01. The molecule has 0 radical (unpaired) electrons. The highest BCUT2D eigenvalue weighted by molar-refractivity contribution is 5.85. The van der Waals surface area contributed by atoms with Crippen LogP contribution in [0.25, 0.3) is 0 Å². The second-order valence-electron chi connectivity index (χ2n) is 7.33. The zero-order valence-corrected chi connectivity index (χ0v) is 15.2. The van der Waals surface area contributed by atoms with Gasteiger partial charge in [-0.3, -0.25) is 9.59 Å². The van der Waals surface area contributed by atoms with Crippen LogP contribution in [-0.4, -0.2) is 42.9 Å². The van der Waals surface area contributed by atoms with Crippen LogP contribution in [0.1, 0.15) is 50.1 Å². The fraction of sp³-hybridized carbons (Fsp3) is 0.600. The number of carbonyl (C=O) groups is 2. The molecule has 1 heterocycles. The van der Waals surface area contributed by atoms with Crippen molar-refractivity contribution in [3.8, 4) is 0 Å². The van der Waals surface area contributed by atoms with Crippen molar-refractivity contribution >= 4 is 11.8 Å². The van der Waals surface area contributed by atoms with Crippen LogP contribution in [0.5, 0.6) is 0 Å². The number of rotatable bonds is 6. The Bertz CT molecular complexity index is 631. The van der Waals surface area contributed by atoms with E-state index in [2.05, 4.69) is 10.6 Å². The minimum absolute atomic E-state index is 0.00924. The molecular weight excluding hydrogens is 333 g/mol. The van der Waals surface area contributed by atoms with Gasteiger partial charge in [0.05, 0.1) is 12.6 Å². The smallest absolute Gasteiger partial charge is 0.242 e. The van der Waals surface area contributed by atoms with E-state index >= 15 is 0 Å². The van der Waals surface area contributed by atoms with Gasteiger partial charge in [-0.05, 0) is 30.0 Å². The van der Waals surface area contributed by atoms with Crippen LogP contribution in [0.2, 0.25) is 0 Å². The van der Waals surface area contributed by atoms with E-state index in [4.69, 9.17) is 0 Å². The first-order valence-electron chi connectivity index (χ1n) is 9.66. The first kappa shape index (κ1) is 18.8. The topological polar surface area (TPSA) is 61.4 Å². The quantitative estimate of drug-likeness (QED) is 0.818. The fourth-order valence-electron chi connectivity index (χ4n) is 4.01. The largest absolute Gasteiger partial charge is 0.347 e. The van der Waals surface area contributed by atoms with Gasteiger partial charge in [0.25, 0.3) is 0 Å². The molecule has 1 atom stereocenters. The second kappa shape index (κ2) is 9.12. The average Bonchev–Trinajstić information content (AvgIpc) is 3.18. The number of nitrogens with one attached hydrogen (secondary N) is 2. The number of amides is 2. The van der Waals surface area contributed by atoms with Gasteiger partial charge in [-0.25, -0.2) is 4.39 Å². The van der Waals surface area contributed by atoms with E-state index in [1.165, 1.54) is 37.8 Å². The van der Waals surface area contributed by atoms with Crippen molar-refractivity contribution in [2.24, 2.45) is 5.92 Å². The molecule has 2 aliphatic rings. The lowest BCUT2D eigenvalue weighted by Crippen LogP contribution is -2.51. The van der Waals surface area contributed by atoms with Crippen LogP contribution in [0.4, 0.5) is 4.39 Å². The van der Waals surface area contributed by atoms with Gasteiger partial charge in [0.1, 0.15) is 5.82 Å². The first-order chi connectivity index (χ1) is 12.6. The normalized spacial score (nSPS) is 21.0. The highest BCUT2D eigenvalue weighted by Gasteiger charge is 2.28. The van der Waals surface area contributed by atoms with E-state index in [0.29, 0.717) is 32.0 Å².